The third-order valence-electron chi connectivity index (χ3n) is 4.47. The van der Waals surface area contributed by atoms with Crippen LogP contribution in [0.15, 0.2) is 24.3 Å². The van der Waals surface area contributed by atoms with Crippen molar-refractivity contribution in [2.24, 2.45) is 0 Å². The average Bonchev–Trinajstić information content (AvgIpc) is 2.95. The Kier molecular flexibility index (Phi) is 4.58. The van der Waals surface area contributed by atoms with Gasteiger partial charge < -0.3 is 9.84 Å². The SMILES string of the molecule is OC1CCN(Cc2cccc(OC3CCCC3)c2)CC1. The largest absolute Gasteiger partial charge is 0.490 e. The van der Waals surface area contributed by atoms with Gasteiger partial charge in [0.15, 0.2) is 0 Å². The Morgan fingerprint density at radius 2 is 1.85 bits per heavy atom. The Bertz CT molecular complexity index is 421. The molecular formula is C17H25NO2. The molecule has 1 aliphatic heterocycles. The van der Waals surface area contributed by atoms with E-state index in [9.17, 15) is 5.11 Å². The molecular weight excluding hydrogens is 250 g/mol. The van der Waals surface area contributed by atoms with Crippen LogP contribution in [0, 0.1) is 0 Å². The number of hydrogen-bond donors (Lipinski definition) is 1. The fourth-order valence-electron chi connectivity index (χ4n) is 3.25. The molecule has 1 N–H and O–H groups in total. The number of aliphatic hydroxyl groups is 1. The number of nitrogens with zero attached hydrogens (tertiary/aromatic N) is 1. The van der Waals surface area contributed by atoms with E-state index in [1.807, 2.05) is 0 Å². The molecule has 2 fully saturated rings. The van der Waals surface area contributed by atoms with Gasteiger partial charge in [0.1, 0.15) is 5.75 Å². The lowest BCUT2D eigenvalue weighted by atomic mass is 10.1. The van der Waals surface area contributed by atoms with Gasteiger partial charge in [-0.1, -0.05) is 12.1 Å². The van der Waals surface area contributed by atoms with Crippen LogP contribution in [0.3, 0.4) is 0 Å². The maximum absolute atomic E-state index is 9.55. The third kappa shape index (κ3) is 3.74. The second kappa shape index (κ2) is 6.59. The van der Waals surface area contributed by atoms with Gasteiger partial charge in [0.05, 0.1) is 12.2 Å². The number of ether oxygens (including phenoxy) is 1. The molecule has 0 unspecified atom stereocenters. The molecule has 110 valence electrons. The van der Waals surface area contributed by atoms with Crippen LogP contribution in [0.25, 0.3) is 0 Å². The minimum Gasteiger partial charge on any atom is -0.490 e. The molecule has 3 heteroatoms. The summed E-state index contributed by atoms with van der Waals surface area (Å²) in [6.07, 6.45) is 7.15. The van der Waals surface area contributed by atoms with Crippen molar-refractivity contribution in [3.8, 4) is 5.75 Å². The lowest BCUT2D eigenvalue weighted by Crippen LogP contribution is -2.35. The predicted molar refractivity (Wildman–Crippen MR) is 79.8 cm³/mol. The van der Waals surface area contributed by atoms with Gasteiger partial charge >= 0.3 is 0 Å². The third-order valence-corrected chi connectivity index (χ3v) is 4.47. The van der Waals surface area contributed by atoms with E-state index in [-0.39, 0.29) is 6.10 Å². The number of hydrogen-bond acceptors (Lipinski definition) is 3. The molecule has 1 aliphatic carbocycles. The highest BCUT2D eigenvalue weighted by molar-refractivity contribution is 5.28. The molecule has 20 heavy (non-hydrogen) atoms. The van der Waals surface area contributed by atoms with E-state index in [2.05, 4.69) is 29.2 Å². The van der Waals surface area contributed by atoms with Crippen molar-refractivity contribution in [1.29, 1.82) is 0 Å². The average molecular weight is 275 g/mol. The lowest BCUT2D eigenvalue weighted by Gasteiger charge is -2.29. The fourth-order valence-corrected chi connectivity index (χ4v) is 3.25. The molecule has 1 saturated heterocycles. The first-order valence-corrected chi connectivity index (χ1v) is 7.95. The molecule has 1 aromatic carbocycles. The first kappa shape index (κ1) is 13.9. The second-order valence-electron chi connectivity index (χ2n) is 6.18. The van der Waals surface area contributed by atoms with Gasteiger partial charge in [0.25, 0.3) is 0 Å². The van der Waals surface area contributed by atoms with Crippen LogP contribution in [-0.2, 0) is 6.54 Å². The Labute approximate surface area is 121 Å². The van der Waals surface area contributed by atoms with Gasteiger partial charge in [-0.25, -0.2) is 0 Å². The summed E-state index contributed by atoms with van der Waals surface area (Å²) in [6.45, 7) is 2.96. The summed E-state index contributed by atoms with van der Waals surface area (Å²) in [6, 6.07) is 8.52. The molecule has 1 saturated carbocycles. The Morgan fingerprint density at radius 1 is 1.10 bits per heavy atom. The Hall–Kier alpha value is -1.06. The molecule has 1 aromatic rings. The second-order valence-corrected chi connectivity index (χ2v) is 6.18. The zero-order valence-corrected chi connectivity index (χ0v) is 12.1. The van der Waals surface area contributed by atoms with E-state index in [4.69, 9.17) is 4.74 Å². The van der Waals surface area contributed by atoms with E-state index in [1.54, 1.807) is 0 Å². The number of likely N-dealkylation sites (tertiary alicyclic amines) is 1. The van der Waals surface area contributed by atoms with Crippen molar-refractivity contribution in [1.82, 2.24) is 4.90 Å². The van der Waals surface area contributed by atoms with Crippen LogP contribution in [0.5, 0.6) is 5.75 Å². The minimum atomic E-state index is -0.0942. The molecule has 0 aromatic heterocycles. The molecule has 1 heterocycles. The van der Waals surface area contributed by atoms with E-state index >= 15 is 0 Å². The van der Waals surface area contributed by atoms with Gasteiger partial charge in [0, 0.05) is 19.6 Å². The predicted octanol–water partition coefficient (Wildman–Crippen LogP) is 2.96. The molecule has 0 spiro atoms. The maximum Gasteiger partial charge on any atom is 0.120 e. The van der Waals surface area contributed by atoms with Crippen LogP contribution in [0.2, 0.25) is 0 Å². The molecule has 0 atom stereocenters. The van der Waals surface area contributed by atoms with Crippen LogP contribution >= 0.6 is 0 Å². The number of benzene rings is 1. The summed E-state index contributed by atoms with van der Waals surface area (Å²) in [5.41, 5.74) is 1.32. The normalized spacial score (nSPS) is 22.2. The van der Waals surface area contributed by atoms with Crippen LogP contribution < -0.4 is 4.74 Å². The van der Waals surface area contributed by atoms with Crippen molar-refractivity contribution in [2.45, 2.75) is 57.3 Å². The van der Waals surface area contributed by atoms with Crippen molar-refractivity contribution >= 4 is 0 Å². The number of aliphatic hydroxyl groups excluding tert-OH is 1. The van der Waals surface area contributed by atoms with Crippen molar-refractivity contribution in [2.75, 3.05) is 13.1 Å². The lowest BCUT2D eigenvalue weighted by molar-refractivity contribution is 0.0791. The van der Waals surface area contributed by atoms with E-state index in [0.29, 0.717) is 6.10 Å². The standard InChI is InChI=1S/C17H25NO2/c19-15-8-10-18(11-9-15)13-14-4-3-7-17(12-14)20-16-5-1-2-6-16/h3-4,7,12,15-16,19H,1-2,5-6,8-11,13H2. The zero-order valence-electron chi connectivity index (χ0n) is 12.1. The van der Waals surface area contributed by atoms with Crippen LogP contribution in [0.4, 0.5) is 0 Å². The van der Waals surface area contributed by atoms with Gasteiger partial charge in [-0.2, -0.15) is 0 Å². The summed E-state index contributed by atoms with van der Waals surface area (Å²) in [5, 5.41) is 9.55. The summed E-state index contributed by atoms with van der Waals surface area (Å²) in [5.74, 6) is 1.02. The quantitative estimate of drug-likeness (QED) is 0.917. The zero-order chi connectivity index (χ0) is 13.8. The molecule has 0 radical (unpaired) electrons. The first-order valence-electron chi connectivity index (χ1n) is 7.95. The van der Waals surface area contributed by atoms with Crippen LogP contribution in [0.1, 0.15) is 44.1 Å². The van der Waals surface area contributed by atoms with Gasteiger partial charge in [-0.05, 0) is 56.2 Å². The first-order chi connectivity index (χ1) is 9.79. The number of piperidine rings is 1. The fraction of sp³-hybridized carbons (Fsp3) is 0.647. The molecule has 3 rings (SSSR count). The summed E-state index contributed by atoms with van der Waals surface area (Å²) in [4.78, 5) is 2.42. The highest BCUT2D eigenvalue weighted by Gasteiger charge is 2.18. The highest BCUT2D eigenvalue weighted by Crippen LogP contribution is 2.25. The molecule has 2 aliphatic rings. The number of rotatable bonds is 4. The van der Waals surface area contributed by atoms with E-state index in [1.165, 1.54) is 31.2 Å². The van der Waals surface area contributed by atoms with Crippen LogP contribution in [-0.4, -0.2) is 35.3 Å². The summed E-state index contributed by atoms with van der Waals surface area (Å²) >= 11 is 0. The van der Waals surface area contributed by atoms with Gasteiger partial charge in [0.2, 0.25) is 0 Å². The molecule has 0 bridgehead atoms. The Balaban J connectivity index is 1.56. The Morgan fingerprint density at radius 3 is 2.60 bits per heavy atom. The van der Waals surface area contributed by atoms with E-state index < -0.39 is 0 Å². The van der Waals surface area contributed by atoms with Crippen molar-refractivity contribution in [3.05, 3.63) is 29.8 Å². The maximum atomic E-state index is 9.55. The molecule has 0 amide bonds. The summed E-state index contributed by atoms with van der Waals surface area (Å²) < 4.78 is 6.06. The topological polar surface area (TPSA) is 32.7 Å². The smallest absolute Gasteiger partial charge is 0.120 e. The highest BCUT2D eigenvalue weighted by atomic mass is 16.5. The summed E-state index contributed by atoms with van der Waals surface area (Å²) in [7, 11) is 0. The van der Waals surface area contributed by atoms with Crippen molar-refractivity contribution < 1.29 is 9.84 Å². The van der Waals surface area contributed by atoms with Gasteiger partial charge in [-0.3, -0.25) is 4.90 Å². The molecule has 3 nitrogen and oxygen atoms in total. The monoisotopic (exact) mass is 275 g/mol. The van der Waals surface area contributed by atoms with E-state index in [0.717, 1.165) is 38.2 Å². The van der Waals surface area contributed by atoms with Gasteiger partial charge in [-0.15, -0.1) is 0 Å². The minimum absolute atomic E-state index is 0.0942. The van der Waals surface area contributed by atoms with Crippen molar-refractivity contribution in [3.63, 3.8) is 0 Å².